The van der Waals surface area contributed by atoms with E-state index in [1.807, 2.05) is 6.92 Å². The SMILES string of the molecule is CCCOc1cc(F)ccc1NC(=O)N1CCN(c2cc(C3CC3)[nH]n2)CC1. The molecule has 2 amide bonds. The molecule has 0 unspecified atom stereocenters. The van der Waals surface area contributed by atoms with Crippen molar-refractivity contribution in [2.24, 2.45) is 0 Å². The predicted octanol–water partition coefficient (Wildman–Crippen LogP) is 3.57. The van der Waals surface area contributed by atoms with Gasteiger partial charge in [0, 0.05) is 49.9 Å². The van der Waals surface area contributed by atoms with Crippen LogP contribution in [0.25, 0.3) is 0 Å². The number of nitrogens with one attached hydrogen (secondary N) is 2. The molecule has 0 radical (unpaired) electrons. The number of piperazine rings is 1. The largest absolute Gasteiger partial charge is 0.491 e. The number of anilines is 2. The second-order valence-electron chi connectivity index (χ2n) is 7.35. The third-order valence-corrected chi connectivity index (χ3v) is 5.14. The fourth-order valence-corrected chi connectivity index (χ4v) is 3.35. The Morgan fingerprint density at radius 3 is 2.79 bits per heavy atom. The Morgan fingerprint density at radius 2 is 2.07 bits per heavy atom. The van der Waals surface area contributed by atoms with Gasteiger partial charge in [0.25, 0.3) is 0 Å². The summed E-state index contributed by atoms with van der Waals surface area (Å²) in [7, 11) is 0. The van der Waals surface area contributed by atoms with E-state index in [4.69, 9.17) is 4.74 Å². The number of aromatic nitrogens is 2. The molecule has 1 aromatic carbocycles. The van der Waals surface area contributed by atoms with Crippen LogP contribution in [0.1, 0.15) is 37.8 Å². The highest BCUT2D eigenvalue weighted by molar-refractivity contribution is 5.91. The minimum Gasteiger partial charge on any atom is -0.491 e. The first-order valence-electron chi connectivity index (χ1n) is 9.92. The summed E-state index contributed by atoms with van der Waals surface area (Å²) < 4.78 is 19.1. The summed E-state index contributed by atoms with van der Waals surface area (Å²) in [4.78, 5) is 16.6. The first-order chi connectivity index (χ1) is 13.6. The minimum absolute atomic E-state index is 0.201. The molecule has 7 nitrogen and oxygen atoms in total. The Balaban J connectivity index is 1.33. The number of halogens is 1. The maximum Gasteiger partial charge on any atom is 0.322 e. The Labute approximate surface area is 163 Å². The van der Waals surface area contributed by atoms with Gasteiger partial charge in [0.05, 0.1) is 12.3 Å². The van der Waals surface area contributed by atoms with Gasteiger partial charge in [-0.05, 0) is 31.4 Å². The zero-order valence-corrected chi connectivity index (χ0v) is 16.1. The van der Waals surface area contributed by atoms with E-state index in [0.29, 0.717) is 37.1 Å². The van der Waals surface area contributed by atoms with Gasteiger partial charge in [-0.3, -0.25) is 5.10 Å². The number of carbonyl (C=O) groups excluding carboxylic acids is 1. The van der Waals surface area contributed by atoms with Gasteiger partial charge in [0.1, 0.15) is 11.6 Å². The highest BCUT2D eigenvalue weighted by Crippen LogP contribution is 2.39. The number of ether oxygens (including phenoxy) is 1. The zero-order chi connectivity index (χ0) is 19.5. The normalized spacial score (nSPS) is 16.9. The average Bonchev–Trinajstić information content (AvgIpc) is 3.45. The molecule has 2 fully saturated rings. The molecule has 1 aromatic heterocycles. The second kappa shape index (κ2) is 8.08. The van der Waals surface area contributed by atoms with Crippen molar-refractivity contribution in [3.8, 4) is 5.75 Å². The van der Waals surface area contributed by atoms with Crippen LogP contribution >= 0.6 is 0 Å². The third kappa shape index (κ3) is 4.21. The fraction of sp³-hybridized carbons (Fsp3) is 0.500. The second-order valence-corrected chi connectivity index (χ2v) is 7.35. The number of benzene rings is 1. The molecular formula is C20H26FN5O2. The van der Waals surface area contributed by atoms with Crippen LogP contribution in [0, 0.1) is 5.82 Å². The molecule has 28 heavy (non-hydrogen) atoms. The van der Waals surface area contributed by atoms with E-state index >= 15 is 0 Å². The summed E-state index contributed by atoms with van der Waals surface area (Å²) in [6.45, 7) is 5.10. The van der Waals surface area contributed by atoms with Gasteiger partial charge in [0.2, 0.25) is 0 Å². The van der Waals surface area contributed by atoms with Crippen LogP contribution in [-0.2, 0) is 0 Å². The van der Waals surface area contributed by atoms with Crippen LogP contribution in [0.2, 0.25) is 0 Å². The molecule has 2 heterocycles. The zero-order valence-electron chi connectivity index (χ0n) is 16.1. The molecule has 0 bridgehead atoms. The molecule has 4 rings (SSSR count). The topological polar surface area (TPSA) is 73.5 Å². The van der Waals surface area contributed by atoms with Crippen LogP contribution in [0.5, 0.6) is 5.75 Å². The molecule has 1 aliphatic heterocycles. The summed E-state index contributed by atoms with van der Waals surface area (Å²) >= 11 is 0. The number of nitrogens with zero attached hydrogens (tertiary/aromatic N) is 3. The van der Waals surface area contributed by atoms with Crippen molar-refractivity contribution >= 4 is 17.5 Å². The Morgan fingerprint density at radius 1 is 1.29 bits per heavy atom. The number of hydrogen-bond acceptors (Lipinski definition) is 4. The molecule has 2 aliphatic rings. The van der Waals surface area contributed by atoms with Crippen LogP contribution in [0.3, 0.4) is 0 Å². The highest BCUT2D eigenvalue weighted by Gasteiger charge is 2.28. The van der Waals surface area contributed by atoms with Crippen molar-refractivity contribution in [2.45, 2.75) is 32.1 Å². The standard InChI is InChI=1S/C20H26FN5O2/c1-2-11-28-18-12-15(21)5-6-16(18)22-20(27)26-9-7-25(8-10-26)19-13-17(23-24-19)14-3-4-14/h5-6,12-14H,2-4,7-11H2,1H3,(H,22,27)(H,23,24). The summed E-state index contributed by atoms with van der Waals surface area (Å²) in [5.41, 5.74) is 1.70. The molecule has 150 valence electrons. The van der Waals surface area contributed by atoms with E-state index in [2.05, 4.69) is 26.5 Å². The first-order valence-corrected chi connectivity index (χ1v) is 9.92. The maximum atomic E-state index is 13.5. The van der Waals surface area contributed by atoms with Crippen molar-refractivity contribution < 1.29 is 13.9 Å². The number of rotatable bonds is 6. The third-order valence-electron chi connectivity index (χ3n) is 5.14. The molecule has 2 N–H and O–H groups in total. The van der Waals surface area contributed by atoms with Crippen molar-refractivity contribution in [3.63, 3.8) is 0 Å². The number of carbonyl (C=O) groups is 1. The molecule has 8 heteroatoms. The van der Waals surface area contributed by atoms with E-state index < -0.39 is 0 Å². The van der Waals surface area contributed by atoms with Crippen molar-refractivity contribution in [2.75, 3.05) is 43.0 Å². The maximum absolute atomic E-state index is 13.5. The molecule has 1 saturated carbocycles. The van der Waals surface area contributed by atoms with Crippen molar-refractivity contribution in [1.29, 1.82) is 0 Å². The lowest BCUT2D eigenvalue weighted by molar-refractivity contribution is 0.208. The van der Waals surface area contributed by atoms with E-state index in [9.17, 15) is 9.18 Å². The summed E-state index contributed by atoms with van der Waals surface area (Å²) in [5, 5.41) is 10.4. The number of aromatic amines is 1. The molecular weight excluding hydrogens is 361 g/mol. The monoisotopic (exact) mass is 387 g/mol. The number of amides is 2. The predicted molar refractivity (Wildman–Crippen MR) is 106 cm³/mol. The number of hydrogen-bond donors (Lipinski definition) is 2. The molecule has 0 atom stereocenters. The summed E-state index contributed by atoms with van der Waals surface area (Å²) in [6.07, 6.45) is 3.29. The lowest BCUT2D eigenvalue weighted by Crippen LogP contribution is -2.50. The van der Waals surface area contributed by atoms with Crippen molar-refractivity contribution in [3.05, 3.63) is 35.8 Å². The van der Waals surface area contributed by atoms with Gasteiger partial charge in [-0.25, -0.2) is 9.18 Å². The van der Waals surface area contributed by atoms with Crippen LogP contribution in [-0.4, -0.2) is 53.9 Å². The van der Waals surface area contributed by atoms with Gasteiger partial charge in [0.15, 0.2) is 5.82 Å². The van der Waals surface area contributed by atoms with Gasteiger partial charge >= 0.3 is 6.03 Å². The minimum atomic E-state index is -0.387. The number of H-pyrrole nitrogens is 1. The Kier molecular flexibility index (Phi) is 5.36. The van der Waals surface area contributed by atoms with Crippen LogP contribution < -0.4 is 15.0 Å². The van der Waals surface area contributed by atoms with Gasteiger partial charge in [-0.15, -0.1) is 0 Å². The lowest BCUT2D eigenvalue weighted by atomic mass is 10.2. The first kappa shape index (κ1) is 18.6. The van der Waals surface area contributed by atoms with Gasteiger partial charge in [-0.1, -0.05) is 6.92 Å². The highest BCUT2D eigenvalue weighted by atomic mass is 19.1. The van der Waals surface area contributed by atoms with Crippen molar-refractivity contribution in [1.82, 2.24) is 15.1 Å². The molecule has 0 spiro atoms. The smallest absolute Gasteiger partial charge is 0.322 e. The molecule has 1 aliphatic carbocycles. The summed E-state index contributed by atoms with van der Waals surface area (Å²) in [5.74, 6) is 1.57. The molecule has 1 saturated heterocycles. The Bertz CT molecular complexity index is 828. The van der Waals surface area contributed by atoms with Gasteiger partial charge in [-0.2, -0.15) is 5.10 Å². The van der Waals surface area contributed by atoms with E-state index in [0.717, 1.165) is 25.3 Å². The lowest BCUT2D eigenvalue weighted by Gasteiger charge is -2.34. The van der Waals surface area contributed by atoms with E-state index in [1.54, 1.807) is 4.90 Å². The van der Waals surface area contributed by atoms with E-state index in [-0.39, 0.29) is 11.8 Å². The van der Waals surface area contributed by atoms with Crippen LogP contribution in [0.15, 0.2) is 24.3 Å². The summed E-state index contributed by atoms with van der Waals surface area (Å²) in [6, 6.07) is 6.09. The van der Waals surface area contributed by atoms with Gasteiger partial charge < -0.3 is 19.9 Å². The average molecular weight is 387 g/mol. The molecule has 2 aromatic rings. The Hall–Kier alpha value is -2.77. The quantitative estimate of drug-likeness (QED) is 0.795. The van der Waals surface area contributed by atoms with E-state index in [1.165, 1.54) is 36.7 Å². The number of urea groups is 1. The fourth-order valence-electron chi connectivity index (χ4n) is 3.35. The van der Waals surface area contributed by atoms with Crippen LogP contribution in [0.4, 0.5) is 20.7 Å².